The van der Waals surface area contributed by atoms with Crippen molar-refractivity contribution in [1.29, 1.82) is 0 Å². The van der Waals surface area contributed by atoms with Gasteiger partial charge in [-0.3, -0.25) is 14.4 Å². The number of carbonyl (C=O) groups excluding carboxylic acids is 2. The predicted octanol–water partition coefficient (Wildman–Crippen LogP) is 4.12. The van der Waals surface area contributed by atoms with Crippen LogP contribution in [0.5, 0.6) is 11.5 Å². The molecule has 1 aliphatic rings. The van der Waals surface area contributed by atoms with Crippen LogP contribution in [0.15, 0.2) is 48.5 Å². The molecule has 0 spiro atoms. The molecule has 1 saturated carbocycles. The van der Waals surface area contributed by atoms with Crippen molar-refractivity contribution < 1.29 is 29.0 Å². The number of aliphatic carboxylic acids is 1. The zero-order valence-corrected chi connectivity index (χ0v) is 22.0. The Balaban J connectivity index is 1.54. The van der Waals surface area contributed by atoms with Crippen LogP contribution >= 0.6 is 0 Å². The van der Waals surface area contributed by atoms with E-state index in [9.17, 15) is 14.4 Å². The Morgan fingerprint density at radius 3 is 2.32 bits per heavy atom. The fourth-order valence-electron chi connectivity index (χ4n) is 4.49. The first kappa shape index (κ1) is 28.8. The number of carboxylic acid groups (broad SMARTS) is 1. The van der Waals surface area contributed by atoms with Crippen LogP contribution in [0.1, 0.15) is 56.9 Å². The monoisotopic (exact) mass is 525 g/mol. The molecule has 3 rings (SSSR count). The minimum absolute atomic E-state index is 0.0509. The number of nitrogens with one attached hydrogen (secondary N) is 3. The van der Waals surface area contributed by atoms with Crippen LogP contribution in [0.4, 0.5) is 5.69 Å². The van der Waals surface area contributed by atoms with E-state index < -0.39 is 12.1 Å². The molecule has 0 bridgehead atoms. The Bertz CT molecular complexity index is 1020. The maximum absolute atomic E-state index is 13.0. The lowest BCUT2D eigenvalue weighted by atomic mass is 10.0. The molecule has 1 fully saturated rings. The molecule has 4 N–H and O–H groups in total. The van der Waals surface area contributed by atoms with Gasteiger partial charge in [-0.1, -0.05) is 37.8 Å². The Morgan fingerprint density at radius 2 is 1.66 bits per heavy atom. The smallest absolute Gasteiger partial charge is 0.303 e. The van der Waals surface area contributed by atoms with Crippen molar-refractivity contribution >= 4 is 23.5 Å². The minimum atomic E-state index is -0.927. The second-order valence-corrected chi connectivity index (χ2v) is 9.59. The van der Waals surface area contributed by atoms with E-state index in [0.29, 0.717) is 49.8 Å². The molecule has 2 aromatic rings. The van der Waals surface area contributed by atoms with Crippen molar-refractivity contribution in [3.8, 4) is 11.5 Å². The van der Waals surface area contributed by atoms with Crippen LogP contribution in [0.25, 0.3) is 0 Å². The van der Waals surface area contributed by atoms with Gasteiger partial charge >= 0.3 is 5.97 Å². The van der Waals surface area contributed by atoms with Gasteiger partial charge in [-0.25, -0.2) is 0 Å². The van der Waals surface area contributed by atoms with Gasteiger partial charge in [-0.15, -0.1) is 0 Å². The standard InChI is InChI=1S/C29H39N3O6/c1-37-24-13-8-22(9-14-24)18-19-30-29(36)28(32-26(33)17-10-21-5-2-3-6-21)31-23-11-15-25(16-12-23)38-20-4-7-27(34)35/h8-9,11-16,21,28,31H,2-7,10,17-20H2,1H3,(H,30,36)(H,32,33)(H,34,35). The summed E-state index contributed by atoms with van der Waals surface area (Å²) in [6.45, 7) is 0.722. The number of amides is 2. The number of hydrogen-bond donors (Lipinski definition) is 4. The van der Waals surface area contributed by atoms with Gasteiger partial charge in [0.2, 0.25) is 5.91 Å². The van der Waals surface area contributed by atoms with Gasteiger partial charge in [-0.2, -0.15) is 0 Å². The molecule has 1 aliphatic carbocycles. The van der Waals surface area contributed by atoms with Gasteiger partial charge < -0.3 is 30.5 Å². The average molecular weight is 526 g/mol. The van der Waals surface area contributed by atoms with Crippen LogP contribution in [0.2, 0.25) is 0 Å². The number of ether oxygens (including phenoxy) is 2. The molecular formula is C29H39N3O6. The van der Waals surface area contributed by atoms with Crippen molar-refractivity contribution in [2.24, 2.45) is 5.92 Å². The molecule has 9 nitrogen and oxygen atoms in total. The molecule has 0 heterocycles. The normalized spacial score (nSPS) is 13.9. The highest BCUT2D eigenvalue weighted by atomic mass is 16.5. The van der Waals surface area contributed by atoms with Crippen molar-refractivity contribution in [2.75, 3.05) is 25.6 Å². The number of carbonyl (C=O) groups is 3. The third-order valence-electron chi connectivity index (χ3n) is 6.66. The molecule has 9 heteroatoms. The number of anilines is 1. The first-order valence-corrected chi connectivity index (χ1v) is 13.3. The summed E-state index contributed by atoms with van der Waals surface area (Å²) in [7, 11) is 1.62. The largest absolute Gasteiger partial charge is 0.497 e. The summed E-state index contributed by atoms with van der Waals surface area (Å²) < 4.78 is 10.8. The lowest BCUT2D eigenvalue weighted by Gasteiger charge is -2.21. The summed E-state index contributed by atoms with van der Waals surface area (Å²) in [5.41, 5.74) is 1.71. The Hall–Kier alpha value is -3.75. The predicted molar refractivity (Wildman–Crippen MR) is 145 cm³/mol. The topological polar surface area (TPSA) is 126 Å². The highest BCUT2D eigenvalue weighted by molar-refractivity contribution is 5.89. The van der Waals surface area contributed by atoms with Gasteiger partial charge in [0.15, 0.2) is 6.17 Å². The summed E-state index contributed by atoms with van der Waals surface area (Å²) >= 11 is 0. The van der Waals surface area contributed by atoms with E-state index in [1.807, 2.05) is 24.3 Å². The van der Waals surface area contributed by atoms with Gasteiger partial charge in [0.1, 0.15) is 11.5 Å². The van der Waals surface area contributed by atoms with Gasteiger partial charge in [0, 0.05) is 25.1 Å². The van der Waals surface area contributed by atoms with Crippen LogP contribution in [-0.4, -0.2) is 49.3 Å². The fraction of sp³-hybridized carbons (Fsp3) is 0.483. The molecule has 2 aromatic carbocycles. The molecule has 0 aliphatic heterocycles. The van der Waals surface area contributed by atoms with Gasteiger partial charge in [0.25, 0.3) is 5.91 Å². The number of methoxy groups -OCH3 is 1. The lowest BCUT2D eigenvalue weighted by Crippen LogP contribution is -2.51. The van der Waals surface area contributed by atoms with E-state index in [2.05, 4.69) is 16.0 Å². The highest BCUT2D eigenvalue weighted by Crippen LogP contribution is 2.28. The Labute approximate surface area is 224 Å². The van der Waals surface area contributed by atoms with Crippen molar-refractivity contribution in [1.82, 2.24) is 10.6 Å². The van der Waals surface area contributed by atoms with Crippen LogP contribution in [-0.2, 0) is 20.8 Å². The summed E-state index contributed by atoms with van der Waals surface area (Å²) in [4.78, 5) is 36.4. The van der Waals surface area contributed by atoms with E-state index >= 15 is 0 Å². The van der Waals surface area contributed by atoms with Gasteiger partial charge in [0.05, 0.1) is 13.7 Å². The molecule has 2 amide bonds. The SMILES string of the molecule is COc1ccc(CCNC(=O)C(NC(=O)CCC2CCCC2)Nc2ccc(OCCCC(=O)O)cc2)cc1. The van der Waals surface area contributed by atoms with Crippen molar-refractivity contribution in [3.05, 3.63) is 54.1 Å². The molecule has 0 radical (unpaired) electrons. The number of carboxylic acids is 1. The minimum Gasteiger partial charge on any atom is -0.497 e. The summed E-state index contributed by atoms with van der Waals surface area (Å²) in [5.74, 6) is 0.640. The Morgan fingerprint density at radius 1 is 0.974 bits per heavy atom. The number of benzene rings is 2. The highest BCUT2D eigenvalue weighted by Gasteiger charge is 2.22. The van der Waals surface area contributed by atoms with Crippen molar-refractivity contribution in [2.45, 2.75) is 64.0 Å². The van der Waals surface area contributed by atoms with Gasteiger partial charge in [-0.05, 0) is 67.1 Å². The second-order valence-electron chi connectivity index (χ2n) is 9.59. The zero-order valence-electron chi connectivity index (χ0n) is 22.0. The third-order valence-corrected chi connectivity index (χ3v) is 6.66. The van der Waals surface area contributed by atoms with E-state index in [1.54, 1.807) is 31.4 Å². The maximum Gasteiger partial charge on any atom is 0.303 e. The molecule has 1 atom stereocenters. The van der Waals surface area contributed by atoms with Crippen LogP contribution in [0.3, 0.4) is 0 Å². The van der Waals surface area contributed by atoms with Crippen molar-refractivity contribution in [3.63, 3.8) is 0 Å². The first-order valence-electron chi connectivity index (χ1n) is 13.3. The number of rotatable bonds is 16. The van der Waals surface area contributed by atoms with E-state index in [0.717, 1.165) is 17.7 Å². The molecule has 38 heavy (non-hydrogen) atoms. The summed E-state index contributed by atoms with van der Waals surface area (Å²) in [6.07, 6.45) is 6.22. The summed E-state index contributed by atoms with van der Waals surface area (Å²) in [6, 6.07) is 14.7. The molecule has 0 aromatic heterocycles. The fourth-order valence-corrected chi connectivity index (χ4v) is 4.49. The van der Waals surface area contributed by atoms with Crippen LogP contribution in [0, 0.1) is 5.92 Å². The quantitative estimate of drug-likeness (QED) is 0.192. The molecule has 206 valence electrons. The zero-order chi connectivity index (χ0) is 27.2. The van der Waals surface area contributed by atoms with E-state index in [4.69, 9.17) is 14.6 Å². The van der Waals surface area contributed by atoms with Crippen LogP contribution < -0.4 is 25.4 Å². The molecule has 1 unspecified atom stereocenters. The molecule has 0 saturated heterocycles. The summed E-state index contributed by atoms with van der Waals surface area (Å²) in [5, 5.41) is 17.6. The second kappa shape index (κ2) is 15.5. The molecular weight excluding hydrogens is 486 g/mol. The first-order chi connectivity index (χ1) is 18.4. The Kier molecular flexibility index (Phi) is 11.7. The lowest BCUT2D eigenvalue weighted by molar-refractivity contribution is -0.137. The number of hydrogen-bond acceptors (Lipinski definition) is 6. The van der Waals surface area contributed by atoms with E-state index in [1.165, 1.54) is 25.7 Å². The average Bonchev–Trinajstić information content (AvgIpc) is 3.44. The van der Waals surface area contributed by atoms with E-state index in [-0.39, 0.29) is 18.2 Å². The third kappa shape index (κ3) is 10.3. The maximum atomic E-state index is 13.0.